The number of halogens is 1. The molecule has 0 radical (unpaired) electrons. The van der Waals surface area contributed by atoms with Crippen LogP contribution in [-0.2, 0) is 22.3 Å². The van der Waals surface area contributed by atoms with E-state index < -0.39 is 0 Å². The minimum Gasteiger partial charge on any atom is -1.00 e. The fraction of sp³-hybridized carbons (Fsp3) is 0.312. The molecule has 6 rings (SSSR count). The third-order valence-electron chi connectivity index (χ3n) is 7.72. The zero-order valence-electron chi connectivity index (χ0n) is 22.2. The highest BCUT2D eigenvalue weighted by atomic mass is 35.5. The van der Waals surface area contributed by atoms with Gasteiger partial charge in [-0.1, -0.05) is 50.3 Å². The van der Waals surface area contributed by atoms with Gasteiger partial charge in [0.15, 0.2) is 11.5 Å². The summed E-state index contributed by atoms with van der Waals surface area (Å²) in [6.07, 6.45) is 9.92. The molecule has 2 aromatic carbocycles. The summed E-state index contributed by atoms with van der Waals surface area (Å²) in [5.41, 5.74) is 10.2. The smallest absolute Gasteiger partial charge is 0.231 e. The van der Waals surface area contributed by atoms with Crippen molar-refractivity contribution in [2.24, 2.45) is 0 Å². The molecular weight excluding hydrogens is 498 g/mol. The molecule has 6 heteroatoms. The monoisotopic (exact) mass is 531 g/mol. The molecule has 0 saturated carbocycles. The van der Waals surface area contributed by atoms with Crippen molar-refractivity contribution >= 4 is 5.70 Å². The molecule has 2 aromatic rings. The first-order chi connectivity index (χ1) is 18.1. The molecule has 0 saturated heterocycles. The predicted molar refractivity (Wildman–Crippen MR) is 144 cm³/mol. The number of fused-ring (bicyclic) bond motifs is 5. The molecule has 2 unspecified atom stereocenters. The van der Waals surface area contributed by atoms with E-state index >= 15 is 0 Å². The topological polar surface area (TPSA) is 41.4 Å². The van der Waals surface area contributed by atoms with E-state index in [4.69, 9.17) is 18.9 Å². The fourth-order valence-electron chi connectivity index (χ4n) is 5.81. The summed E-state index contributed by atoms with van der Waals surface area (Å²) in [4.78, 5) is 1.34. The van der Waals surface area contributed by atoms with Crippen molar-refractivity contribution < 1.29 is 36.3 Å². The Morgan fingerprint density at radius 3 is 2.58 bits per heavy atom. The number of quaternary nitrogens is 1. The summed E-state index contributed by atoms with van der Waals surface area (Å²) in [7, 11) is 1.71. The van der Waals surface area contributed by atoms with Crippen LogP contribution in [0.1, 0.15) is 42.0 Å². The number of ether oxygens (including phenoxy) is 4. The van der Waals surface area contributed by atoms with Crippen LogP contribution in [0.15, 0.2) is 89.9 Å². The van der Waals surface area contributed by atoms with E-state index in [-0.39, 0.29) is 25.3 Å². The second-order valence-electron chi connectivity index (χ2n) is 10.3. The number of allylic oxidation sites excluding steroid dienone is 3. The first kappa shape index (κ1) is 26.4. The average Bonchev–Trinajstić information content (AvgIpc) is 3.37. The van der Waals surface area contributed by atoms with Crippen LogP contribution in [-0.4, -0.2) is 33.2 Å². The van der Waals surface area contributed by atoms with Gasteiger partial charge in [-0.3, -0.25) is 4.90 Å². The molecule has 3 heterocycles. The molecule has 0 spiro atoms. The molecule has 1 aliphatic carbocycles. The van der Waals surface area contributed by atoms with Crippen molar-refractivity contribution in [2.75, 3.05) is 27.1 Å². The van der Waals surface area contributed by atoms with Crippen LogP contribution in [0.25, 0.3) is 5.70 Å². The summed E-state index contributed by atoms with van der Waals surface area (Å²) in [5, 5.41) is 0. The lowest BCUT2D eigenvalue weighted by Crippen LogP contribution is -3.06. The molecule has 0 amide bonds. The quantitative estimate of drug-likeness (QED) is 0.554. The Kier molecular flexibility index (Phi) is 7.53. The molecule has 0 aromatic heterocycles. The van der Waals surface area contributed by atoms with E-state index in [1.54, 1.807) is 13.2 Å². The van der Waals surface area contributed by atoms with E-state index in [0.717, 1.165) is 42.2 Å². The molecule has 5 nitrogen and oxygen atoms in total. The number of hydrogen-bond acceptors (Lipinski definition) is 4. The fourth-order valence-corrected chi connectivity index (χ4v) is 5.81. The number of hydrogen-bond donors (Lipinski definition) is 1. The zero-order valence-corrected chi connectivity index (χ0v) is 22.9. The van der Waals surface area contributed by atoms with Crippen LogP contribution in [0.3, 0.4) is 0 Å². The minimum absolute atomic E-state index is 0. The zero-order chi connectivity index (χ0) is 25.5. The van der Waals surface area contributed by atoms with E-state index in [1.165, 1.54) is 44.0 Å². The summed E-state index contributed by atoms with van der Waals surface area (Å²) >= 11 is 0. The molecule has 0 fully saturated rings. The SMILES string of the molecule is C=CCOC1C(OC)=CC=C2C1=C[NH+]1CCc3cc4c(cc3C1=C2Cc1ccc(C(C)C)cc1)OCO4.[Cl-]. The summed E-state index contributed by atoms with van der Waals surface area (Å²) in [6, 6.07) is 13.4. The Hall–Kier alpha value is -3.25. The van der Waals surface area contributed by atoms with Crippen molar-refractivity contribution in [1.29, 1.82) is 0 Å². The second-order valence-corrected chi connectivity index (χ2v) is 10.3. The van der Waals surface area contributed by atoms with E-state index in [9.17, 15) is 0 Å². The number of rotatable bonds is 7. The maximum atomic E-state index is 6.26. The minimum atomic E-state index is -0.256. The Balaban J connectivity index is 0.00000294. The van der Waals surface area contributed by atoms with Gasteiger partial charge in [0.05, 0.1) is 20.3 Å². The first-order valence-electron chi connectivity index (χ1n) is 13.1. The molecule has 198 valence electrons. The van der Waals surface area contributed by atoms with Gasteiger partial charge >= 0.3 is 0 Å². The molecule has 2 atom stereocenters. The number of nitrogens with one attached hydrogen (secondary N) is 1. The van der Waals surface area contributed by atoms with Crippen molar-refractivity contribution in [3.63, 3.8) is 0 Å². The normalized spacial score (nSPS) is 20.9. The van der Waals surface area contributed by atoms with Gasteiger partial charge in [0.2, 0.25) is 6.79 Å². The van der Waals surface area contributed by atoms with Gasteiger partial charge in [0.1, 0.15) is 23.8 Å². The van der Waals surface area contributed by atoms with Crippen LogP contribution in [0.4, 0.5) is 0 Å². The summed E-state index contributed by atoms with van der Waals surface area (Å²) < 4.78 is 23.5. The summed E-state index contributed by atoms with van der Waals surface area (Å²) in [6.45, 7) is 10.0. The molecule has 3 aliphatic heterocycles. The van der Waals surface area contributed by atoms with Gasteiger partial charge in [-0.25, -0.2) is 0 Å². The molecule has 4 aliphatic rings. The van der Waals surface area contributed by atoms with Crippen LogP contribution in [0, 0.1) is 0 Å². The Morgan fingerprint density at radius 1 is 1.11 bits per heavy atom. The predicted octanol–water partition coefficient (Wildman–Crippen LogP) is 1.88. The Bertz CT molecular complexity index is 1370. The van der Waals surface area contributed by atoms with Crippen molar-refractivity contribution in [1.82, 2.24) is 0 Å². The van der Waals surface area contributed by atoms with E-state index in [1.807, 2.05) is 0 Å². The van der Waals surface area contributed by atoms with Gasteiger partial charge in [-0.15, -0.1) is 6.58 Å². The van der Waals surface area contributed by atoms with Crippen molar-refractivity contribution in [3.8, 4) is 11.5 Å². The maximum absolute atomic E-state index is 6.26. The Morgan fingerprint density at radius 2 is 1.87 bits per heavy atom. The van der Waals surface area contributed by atoms with Crippen LogP contribution in [0.5, 0.6) is 11.5 Å². The average molecular weight is 532 g/mol. The van der Waals surface area contributed by atoms with Gasteiger partial charge in [-0.2, -0.15) is 0 Å². The molecule has 0 bridgehead atoms. The highest BCUT2D eigenvalue weighted by molar-refractivity contribution is 5.77. The highest BCUT2D eigenvalue weighted by Crippen LogP contribution is 2.42. The van der Waals surface area contributed by atoms with Gasteiger partial charge in [-0.05, 0) is 46.4 Å². The second kappa shape index (κ2) is 10.9. The lowest BCUT2D eigenvalue weighted by atomic mass is 9.79. The lowest BCUT2D eigenvalue weighted by molar-refractivity contribution is -0.771. The lowest BCUT2D eigenvalue weighted by Gasteiger charge is -2.36. The molecular formula is C32H34ClNO4. The van der Waals surface area contributed by atoms with Crippen molar-refractivity contribution in [2.45, 2.75) is 38.7 Å². The van der Waals surface area contributed by atoms with Gasteiger partial charge in [0, 0.05) is 29.6 Å². The van der Waals surface area contributed by atoms with Crippen molar-refractivity contribution in [3.05, 3.63) is 112 Å². The standard InChI is InChI=1S/C32H33NO4.ClH/c1-5-14-35-32-27-18-33-13-12-23-16-29-30(37-19-36-29)17-25(23)31(33)26(24(27)10-11-28(32)34-4)15-21-6-8-22(9-7-21)20(2)3;/h5-11,16-18,20,32H,1,12-15,19H2,2-4H3;1H. The molecule has 1 N–H and O–H groups in total. The van der Waals surface area contributed by atoms with E-state index in [2.05, 4.69) is 75.2 Å². The largest absolute Gasteiger partial charge is 1.00 e. The van der Waals surface area contributed by atoms with Gasteiger partial charge < -0.3 is 31.4 Å². The third kappa shape index (κ3) is 4.60. The molecule has 38 heavy (non-hydrogen) atoms. The maximum Gasteiger partial charge on any atom is 0.231 e. The van der Waals surface area contributed by atoms with Crippen LogP contribution < -0.4 is 26.8 Å². The van der Waals surface area contributed by atoms with Gasteiger partial charge in [0.25, 0.3) is 0 Å². The van der Waals surface area contributed by atoms with E-state index in [0.29, 0.717) is 12.5 Å². The van der Waals surface area contributed by atoms with Crippen LogP contribution >= 0.6 is 0 Å². The number of benzene rings is 2. The first-order valence-corrected chi connectivity index (χ1v) is 13.1. The Labute approximate surface area is 231 Å². The third-order valence-corrected chi connectivity index (χ3v) is 7.72. The summed E-state index contributed by atoms with van der Waals surface area (Å²) in [5.74, 6) is 3.01. The van der Waals surface area contributed by atoms with Crippen LogP contribution in [0.2, 0.25) is 0 Å². The number of methoxy groups -OCH3 is 1. The highest BCUT2D eigenvalue weighted by Gasteiger charge is 2.40.